The largest absolute Gasteiger partial charge is 0.427 e. The summed E-state index contributed by atoms with van der Waals surface area (Å²) in [6.45, 7) is 13.1. The SMILES string of the molecule is C=CCN1CC[C@@]2(c3cccc(OC(C)=O)c3)C[C@@H](N(CC(C)C)C(=O)CCCCCc3ccccc3)CC[C@]2(OC)C1. The van der Waals surface area contributed by atoms with Crippen molar-refractivity contribution in [2.75, 3.05) is 33.3 Å². The maximum atomic E-state index is 13.9. The van der Waals surface area contributed by atoms with Crippen LogP contribution >= 0.6 is 0 Å². The van der Waals surface area contributed by atoms with E-state index in [1.807, 2.05) is 31.4 Å². The van der Waals surface area contributed by atoms with Crippen LogP contribution in [0, 0.1) is 5.92 Å². The predicted molar refractivity (Wildman–Crippen MR) is 173 cm³/mol. The van der Waals surface area contributed by atoms with Crippen LogP contribution in [-0.2, 0) is 26.2 Å². The minimum Gasteiger partial charge on any atom is -0.427 e. The Labute approximate surface area is 259 Å². The standard InChI is InChI=1S/C37H52N2O4/c1-6-23-38-24-22-36(32-17-13-18-34(25-32)43-30(4)40)26-33(20-21-37(36,28-38)42-5)39(27-29(2)3)35(41)19-12-8-11-16-31-14-9-7-10-15-31/h6-7,9-10,13-15,17-18,25,29,33H,1,8,11-12,16,19-24,26-28H2,2-5H3/t33-,36-,37-/m0/s1. The Bertz CT molecular complexity index is 1210. The average Bonchev–Trinajstić information content (AvgIpc) is 2.99. The number of hydrogen-bond acceptors (Lipinski definition) is 5. The second kappa shape index (κ2) is 15.2. The van der Waals surface area contributed by atoms with Crippen LogP contribution in [0.3, 0.4) is 0 Å². The van der Waals surface area contributed by atoms with Gasteiger partial charge in [0, 0.05) is 51.5 Å². The molecule has 0 spiro atoms. The van der Waals surface area contributed by atoms with E-state index in [-0.39, 0.29) is 23.3 Å². The fourth-order valence-corrected chi connectivity index (χ4v) is 7.61. The molecule has 3 atom stereocenters. The van der Waals surface area contributed by atoms with E-state index in [0.29, 0.717) is 18.1 Å². The Morgan fingerprint density at radius 2 is 1.88 bits per heavy atom. The van der Waals surface area contributed by atoms with Gasteiger partial charge in [0.1, 0.15) is 5.75 Å². The number of ether oxygens (including phenoxy) is 2. The molecule has 1 saturated heterocycles. The number of methoxy groups -OCH3 is 1. The molecule has 234 valence electrons. The van der Waals surface area contributed by atoms with E-state index in [2.05, 4.69) is 66.6 Å². The third kappa shape index (κ3) is 7.96. The topological polar surface area (TPSA) is 59.1 Å². The smallest absolute Gasteiger partial charge is 0.308 e. The van der Waals surface area contributed by atoms with E-state index < -0.39 is 5.60 Å². The van der Waals surface area contributed by atoms with E-state index in [9.17, 15) is 9.59 Å². The highest BCUT2D eigenvalue weighted by Crippen LogP contribution is 2.54. The van der Waals surface area contributed by atoms with Crippen molar-refractivity contribution in [2.24, 2.45) is 5.92 Å². The predicted octanol–water partition coefficient (Wildman–Crippen LogP) is 6.97. The van der Waals surface area contributed by atoms with Gasteiger partial charge in [-0.3, -0.25) is 14.5 Å². The van der Waals surface area contributed by atoms with E-state index in [1.165, 1.54) is 12.5 Å². The lowest BCUT2D eigenvalue weighted by Gasteiger charge is -2.60. The van der Waals surface area contributed by atoms with E-state index >= 15 is 0 Å². The molecule has 43 heavy (non-hydrogen) atoms. The Morgan fingerprint density at radius 3 is 2.58 bits per heavy atom. The number of likely N-dealkylation sites (tertiary alicyclic amines) is 1. The minimum absolute atomic E-state index is 0.130. The third-order valence-corrected chi connectivity index (χ3v) is 9.62. The molecule has 4 rings (SSSR count). The molecular weight excluding hydrogens is 536 g/mol. The molecule has 2 aromatic carbocycles. The van der Waals surface area contributed by atoms with Gasteiger partial charge in [-0.25, -0.2) is 0 Å². The molecule has 1 amide bonds. The van der Waals surface area contributed by atoms with Gasteiger partial charge in [0.2, 0.25) is 5.91 Å². The first-order valence-electron chi connectivity index (χ1n) is 16.2. The summed E-state index contributed by atoms with van der Waals surface area (Å²) in [6.07, 6.45) is 10.2. The molecule has 0 N–H and O–H groups in total. The minimum atomic E-state index is -0.413. The highest BCUT2D eigenvalue weighted by molar-refractivity contribution is 5.76. The number of rotatable bonds is 14. The zero-order valence-corrected chi connectivity index (χ0v) is 26.9. The number of nitrogens with zero attached hydrogens (tertiary/aromatic N) is 2. The lowest BCUT2D eigenvalue weighted by molar-refractivity contribution is -0.161. The number of unbranched alkanes of at least 4 members (excludes halogenated alkanes) is 2. The molecule has 0 radical (unpaired) electrons. The Morgan fingerprint density at radius 1 is 1.09 bits per heavy atom. The molecule has 2 aliphatic rings. The third-order valence-electron chi connectivity index (χ3n) is 9.62. The molecule has 1 aliphatic carbocycles. The summed E-state index contributed by atoms with van der Waals surface area (Å²) in [5.74, 6) is 0.892. The number of carbonyl (C=O) groups is 2. The van der Waals surface area contributed by atoms with E-state index in [4.69, 9.17) is 9.47 Å². The van der Waals surface area contributed by atoms with Gasteiger partial charge in [0.15, 0.2) is 0 Å². The van der Waals surface area contributed by atoms with E-state index in [0.717, 1.165) is 83.1 Å². The number of hydrogen-bond donors (Lipinski definition) is 0. The Balaban J connectivity index is 1.56. The number of benzene rings is 2. The fourth-order valence-electron chi connectivity index (χ4n) is 7.61. The van der Waals surface area contributed by atoms with Crippen molar-refractivity contribution in [3.63, 3.8) is 0 Å². The molecular formula is C37H52N2O4. The number of aryl methyl sites for hydroxylation is 1. The number of piperidine rings is 1. The number of fused-ring (bicyclic) bond motifs is 1. The van der Waals surface area contributed by atoms with Crippen LogP contribution in [-0.4, -0.2) is 66.6 Å². The van der Waals surface area contributed by atoms with Crippen molar-refractivity contribution < 1.29 is 19.1 Å². The van der Waals surface area contributed by atoms with Gasteiger partial charge in [-0.2, -0.15) is 0 Å². The first kappa shape index (κ1) is 32.9. The lowest BCUT2D eigenvalue weighted by atomic mass is 9.55. The molecule has 6 heteroatoms. The Hall–Kier alpha value is -2.96. The molecule has 0 aromatic heterocycles. The summed E-state index contributed by atoms with van der Waals surface area (Å²) in [5, 5.41) is 0. The summed E-state index contributed by atoms with van der Waals surface area (Å²) >= 11 is 0. The molecule has 2 fully saturated rings. The van der Waals surface area contributed by atoms with Crippen LogP contribution in [0.2, 0.25) is 0 Å². The van der Waals surface area contributed by atoms with Gasteiger partial charge >= 0.3 is 5.97 Å². The molecule has 2 aromatic rings. The van der Waals surface area contributed by atoms with Crippen LogP contribution in [0.5, 0.6) is 5.75 Å². The van der Waals surface area contributed by atoms with Gasteiger partial charge in [-0.15, -0.1) is 6.58 Å². The van der Waals surface area contributed by atoms with Gasteiger partial charge in [0.05, 0.1) is 5.60 Å². The lowest BCUT2D eigenvalue weighted by Crippen LogP contribution is -2.68. The van der Waals surface area contributed by atoms with Crippen LogP contribution in [0.15, 0.2) is 67.3 Å². The van der Waals surface area contributed by atoms with E-state index in [1.54, 1.807) is 0 Å². The molecule has 0 unspecified atom stereocenters. The summed E-state index contributed by atoms with van der Waals surface area (Å²) in [6, 6.07) is 18.7. The fraction of sp³-hybridized carbons (Fsp3) is 0.568. The highest BCUT2D eigenvalue weighted by Gasteiger charge is 2.59. The van der Waals surface area contributed by atoms with Crippen LogP contribution in [0.4, 0.5) is 0 Å². The average molecular weight is 589 g/mol. The molecule has 6 nitrogen and oxygen atoms in total. The molecule has 1 heterocycles. The Kier molecular flexibility index (Phi) is 11.6. The summed E-state index contributed by atoms with van der Waals surface area (Å²) < 4.78 is 12.1. The molecule has 0 bridgehead atoms. The first-order valence-corrected chi connectivity index (χ1v) is 16.2. The monoisotopic (exact) mass is 588 g/mol. The normalized spacial score (nSPS) is 23.9. The van der Waals surface area contributed by atoms with Crippen molar-refractivity contribution in [2.45, 2.75) is 95.6 Å². The first-order chi connectivity index (χ1) is 20.7. The van der Waals surface area contributed by atoms with Crippen LogP contribution in [0.1, 0.15) is 83.3 Å². The zero-order chi connectivity index (χ0) is 30.9. The highest BCUT2D eigenvalue weighted by atomic mass is 16.5. The number of esters is 1. The zero-order valence-electron chi connectivity index (χ0n) is 26.9. The summed E-state index contributed by atoms with van der Waals surface area (Å²) in [5.41, 5.74) is 1.77. The van der Waals surface area contributed by atoms with Gasteiger partial charge < -0.3 is 14.4 Å². The van der Waals surface area contributed by atoms with Crippen molar-refractivity contribution in [3.05, 3.63) is 78.4 Å². The maximum Gasteiger partial charge on any atom is 0.308 e. The number of carbonyl (C=O) groups excluding carboxylic acids is 2. The van der Waals surface area contributed by atoms with Crippen molar-refractivity contribution >= 4 is 11.9 Å². The van der Waals surface area contributed by atoms with Gasteiger partial charge in [-0.05, 0) is 80.7 Å². The summed E-state index contributed by atoms with van der Waals surface area (Å²) in [7, 11) is 1.84. The van der Waals surface area contributed by atoms with Crippen molar-refractivity contribution in [1.82, 2.24) is 9.80 Å². The number of amides is 1. The van der Waals surface area contributed by atoms with Crippen LogP contribution < -0.4 is 4.74 Å². The molecule has 1 saturated carbocycles. The molecule has 1 aliphatic heterocycles. The van der Waals surface area contributed by atoms with Gasteiger partial charge in [0.25, 0.3) is 0 Å². The van der Waals surface area contributed by atoms with Crippen molar-refractivity contribution in [1.29, 1.82) is 0 Å². The van der Waals surface area contributed by atoms with Crippen molar-refractivity contribution in [3.8, 4) is 5.75 Å². The van der Waals surface area contributed by atoms with Gasteiger partial charge in [-0.1, -0.05) is 68.8 Å². The maximum absolute atomic E-state index is 13.9. The summed E-state index contributed by atoms with van der Waals surface area (Å²) in [4.78, 5) is 30.4. The quantitative estimate of drug-likeness (QED) is 0.103. The van der Waals surface area contributed by atoms with Crippen LogP contribution in [0.25, 0.3) is 0 Å². The second-order valence-electron chi connectivity index (χ2n) is 13.1. The second-order valence-corrected chi connectivity index (χ2v) is 13.1.